The summed E-state index contributed by atoms with van der Waals surface area (Å²) in [7, 11) is 0. The standard InChI is InChI=1S/C26H24N2O4/c1-5-15-29-23(9-1)19-27(20-24-10-2-6-16-30-24)13-14-28(21-25-11-3-7-17-31-25)22-26-12-4-8-18-32-26/h1-12,15-22H,13-14H2/b23-19-,24-20+,25-21+,26-22+. The van der Waals surface area contributed by atoms with Crippen LogP contribution in [0.15, 0.2) is 146 Å². The fourth-order valence-corrected chi connectivity index (χ4v) is 2.92. The second-order valence-corrected chi connectivity index (χ2v) is 6.82. The maximum atomic E-state index is 5.59. The second kappa shape index (κ2) is 11.2. The molecule has 0 aliphatic carbocycles. The zero-order chi connectivity index (χ0) is 21.8. The van der Waals surface area contributed by atoms with E-state index in [1.54, 1.807) is 25.0 Å². The monoisotopic (exact) mass is 428 g/mol. The summed E-state index contributed by atoms with van der Waals surface area (Å²) in [6.07, 6.45) is 37.1. The van der Waals surface area contributed by atoms with Crippen molar-refractivity contribution in [2.24, 2.45) is 0 Å². The van der Waals surface area contributed by atoms with E-state index in [0.717, 1.165) is 23.0 Å². The van der Waals surface area contributed by atoms with Gasteiger partial charge in [-0.25, -0.2) is 0 Å². The summed E-state index contributed by atoms with van der Waals surface area (Å²) in [5.74, 6) is 2.93. The van der Waals surface area contributed by atoms with E-state index < -0.39 is 0 Å². The van der Waals surface area contributed by atoms with Gasteiger partial charge < -0.3 is 28.7 Å². The van der Waals surface area contributed by atoms with Gasteiger partial charge in [-0.15, -0.1) is 0 Å². The third kappa shape index (κ3) is 6.60. The van der Waals surface area contributed by atoms with Gasteiger partial charge in [-0.3, -0.25) is 0 Å². The normalized spacial score (nSPS) is 22.9. The Morgan fingerprint density at radius 3 is 0.938 bits per heavy atom. The minimum absolute atomic E-state index is 0.640. The first-order chi connectivity index (χ1) is 15.8. The van der Waals surface area contributed by atoms with E-state index in [2.05, 4.69) is 0 Å². The van der Waals surface area contributed by atoms with Gasteiger partial charge >= 0.3 is 0 Å². The van der Waals surface area contributed by atoms with Crippen LogP contribution in [0, 0.1) is 0 Å². The molecule has 0 saturated carbocycles. The van der Waals surface area contributed by atoms with Crippen LogP contribution in [0.2, 0.25) is 0 Å². The highest BCUT2D eigenvalue weighted by Crippen LogP contribution is 2.15. The molecule has 4 heterocycles. The van der Waals surface area contributed by atoms with E-state index in [9.17, 15) is 0 Å². The van der Waals surface area contributed by atoms with Crippen LogP contribution in [0.25, 0.3) is 0 Å². The molecule has 0 aromatic carbocycles. The summed E-state index contributed by atoms with van der Waals surface area (Å²) in [4.78, 5) is 4.05. The quantitative estimate of drug-likeness (QED) is 0.544. The minimum Gasteiger partial charge on any atom is -0.463 e. The first-order valence-corrected chi connectivity index (χ1v) is 10.2. The molecular weight excluding hydrogens is 404 g/mol. The molecule has 0 aromatic rings. The van der Waals surface area contributed by atoms with Crippen molar-refractivity contribution in [1.29, 1.82) is 0 Å². The lowest BCUT2D eigenvalue weighted by molar-refractivity contribution is 0.309. The predicted molar refractivity (Wildman–Crippen MR) is 123 cm³/mol. The molecule has 32 heavy (non-hydrogen) atoms. The Kier molecular flexibility index (Phi) is 7.31. The Hall–Kier alpha value is -4.32. The summed E-state index contributed by atoms with van der Waals surface area (Å²) in [6, 6.07) is 0. The van der Waals surface area contributed by atoms with Gasteiger partial charge in [0.25, 0.3) is 0 Å². The van der Waals surface area contributed by atoms with Crippen LogP contribution in [-0.4, -0.2) is 22.9 Å². The lowest BCUT2D eigenvalue weighted by Gasteiger charge is -2.24. The van der Waals surface area contributed by atoms with Crippen LogP contribution in [-0.2, 0) is 18.9 Å². The molecule has 0 N–H and O–H groups in total. The van der Waals surface area contributed by atoms with Crippen molar-refractivity contribution in [2.75, 3.05) is 13.1 Å². The number of rotatable bonds is 7. The van der Waals surface area contributed by atoms with Crippen LogP contribution in [0.1, 0.15) is 0 Å². The topological polar surface area (TPSA) is 43.4 Å². The van der Waals surface area contributed by atoms with E-state index in [1.165, 1.54) is 0 Å². The van der Waals surface area contributed by atoms with E-state index in [-0.39, 0.29) is 0 Å². The van der Waals surface area contributed by atoms with E-state index >= 15 is 0 Å². The molecule has 0 fully saturated rings. The van der Waals surface area contributed by atoms with Crippen molar-refractivity contribution in [3.05, 3.63) is 146 Å². The van der Waals surface area contributed by atoms with Gasteiger partial charge in [-0.05, 0) is 48.6 Å². The fraction of sp³-hybridized carbons (Fsp3) is 0.0769. The van der Waals surface area contributed by atoms with Gasteiger partial charge in [0.1, 0.15) is 23.0 Å². The third-order valence-corrected chi connectivity index (χ3v) is 4.41. The molecule has 162 valence electrons. The van der Waals surface area contributed by atoms with Gasteiger partial charge in [-0.2, -0.15) is 0 Å². The molecular formula is C26H24N2O4. The van der Waals surface area contributed by atoms with E-state index in [1.807, 2.05) is 108 Å². The number of nitrogens with zero attached hydrogens (tertiary/aromatic N) is 2. The Morgan fingerprint density at radius 2 is 0.719 bits per heavy atom. The summed E-state index contributed by atoms with van der Waals surface area (Å²) in [6.45, 7) is 1.28. The van der Waals surface area contributed by atoms with E-state index in [4.69, 9.17) is 18.9 Å². The van der Waals surface area contributed by atoms with Crippen molar-refractivity contribution in [1.82, 2.24) is 9.80 Å². The molecule has 0 saturated heterocycles. The third-order valence-electron chi connectivity index (χ3n) is 4.41. The zero-order valence-electron chi connectivity index (χ0n) is 17.5. The van der Waals surface area contributed by atoms with Crippen molar-refractivity contribution in [2.45, 2.75) is 0 Å². The summed E-state index contributed by atoms with van der Waals surface area (Å²) in [5, 5.41) is 0. The average Bonchev–Trinajstić information content (AvgIpc) is 2.85. The SMILES string of the molecule is C1=CO/C(=C\N(/C=C2\C=CC=CO2)CCN(/C=C2\C=CC=CO2)/C=C2\C=CC=CO2)C=C1. The van der Waals surface area contributed by atoms with Gasteiger partial charge in [-0.1, -0.05) is 24.3 Å². The number of allylic oxidation sites excluding steroid dienone is 12. The van der Waals surface area contributed by atoms with Crippen molar-refractivity contribution < 1.29 is 18.9 Å². The Labute approximate surface area is 188 Å². The van der Waals surface area contributed by atoms with Crippen LogP contribution < -0.4 is 0 Å². The summed E-state index contributed by atoms with van der Waals surface area (Å²) >= 11 is 0. The molecule has 0 spiro atoms. The first-order valence-electron chi connectivity index (χ1n) is 10.2. The molecule has 0 amide bonds. The molecule has 4 rings (SSSR count). The fourth-order valence-electron chi connectivity index (χ4n) is 2.92. The van der Waals surface area contributed by atoms with Crippen molar-refractivity contribution in [3.8, 4) is 0 Å². The van der Waals surface area contributed by atoms with Crippen LogP contribution in [0.5, 0.6) is 0 Å². The second-order valence-electron chi connectivity index (χ2n) is 6.82. The van der Waals surface area contributed by atoms with Gasteiger partial charge in [0.2, 0.25) is 0 Å². The van der Waals surface area contributed by atoms with Crippen molar-refractivity contribution >= 4 is 0 Å². The Morgan fingerprint density at radius 1 is 0.438 bits per heavy atom. The maximum Gasteiger partial charge on any atom is 0.142 e. The van der Waals surface area contributed by atoms with Gasteiger partial charge in [0.15, 0.2) is 0 Å². The molecule has 4 aliphatic heterocycles. The lowest BCUT2D eigenvalue weighted by atomic mass is 10.3. The zero-order valence-corrected chi connectivity index (χ0v) is 17.5. The molecule has 0 unspecified atom stereocenters. The van der Waals surface area contributed by atoms with Crippen LogP contribution >= 0.6 is 0 Å². The molecule has 0 bridgehead atoms. The van der Waals surface area contributed by atoms with Crippen LogP contribution in [0.3, 0.4) is 0 Å². The summed E-state index contributed by atoms with van der Waals surface area (Å²) in [5.41, 5.74) is 0. The lowest BCUT2D eigenvalue weighted by Crippen LogP contribution is -2.25. The molecule has 4 aliphatic rings. The van der Waals surface area contributed by atoms with E-state index in [0.29, 0.717) is 13.1 Å². The highest BCUT2D eigenvalue weighted by Gasteiger charge is 2.09. The highest BCUT2D eigenvalue weighted by atomic mass is 16.5. The van der Waals surface area contributed by atoms with Gasteiger partial charge in [0, 0.05) is 37.9 Å². The minimum atomic E-state index is 0.640. The first kappa shape index (κ1) is 20.9. The molecule has 6 nitrogen and oxygen atoms in total. The molecule has 0 radical (unpaired) electrons. The number of ether oxygens (including phenoxy) is 4. The Balaban J connectivity index is 1.52. The smallest absolute Gasteiger partial charge is 0.142 e. The average molecular weight is 428 g/mol. The number of hydrogen-bond donors (Lipinski definition) is 0. The molecule has 0 atom stereocenters. The Bertz CT molecular complexity index is 882. The number of hydrogen-bond acceptors (Lipinski definition) is 6. The van der Waals surface area contributed by atoms with Crippen molar-refractivity contribution in [3.63, 3.8) is 0 Å². The molecule has 6 heteroatoms. The molecule has 0 aromatic heterocycles. The highest BCUT2D eigenvalue weighted by molar-refractivity contribution is 5.26. The largest absolute Gasteiger partial charge is 0.463 e. The van der Waals surface area contributed by atoms with Crippen LogP contribution in [0.4, 0.5) is 0 Å². The van der Waals surface area contributed by atoms with Gasteiger partial charge in [0.05, 0.1) is 25.0 Å². The predicted octanol–water partition coefficient (Wildman–Crippen LogP) is 5.36. The maximum absolute atomic E-state index is 5.59. The summed E-state index contributed by atoms with van der Waals surface area (Å²) < 4.78 is 22.3.